The molecule has 1 amide bonds. The molecule has 2 N–H and O–H groups in total. The Morgan fingerprint density at radius 2 is 2.13 bits per heavy atom. The van der Waals surface area contributed by atoms with Crippen LogP contribution < -0.4 is 20.1 Å². The largest absolute Gasteiger partial charge is 0.493 e. The standard InChI is InChI=1S/C21H28N4O3S.HI/c1-4-28-18-13-16(5-6-17(18)27-3)24-21(22-2)23-10-7-20(26)25-11-8-19-15(14-25)9-12-29-19;/h5-6,9,12-13H,4,7-8,10-11,14H2,1-3H3,(H2,22,23,24);1H. The molecular weight excluding hydrogens is 515 g/mol. The van der Waals surface area contributed by atoms with Gasteiger partial charge in [-0.3, -0.25) is 9.79 Å². The number of ether oxygens (including phenoxy) is 2. The first-order valence-corrected chi connectivity index (χ1v) is 10.6. The molecule has 0 saturated heterocycles. The van der Waals surface area contributed by atoms with Crippen LogP contribution in [0, 0.1) is 0 Å². The number of nitrogens with zero attached hydrogens (tertiary/aromatic N) is 2. The summed E-state index contributed by atoms with van der Waals surface area (Å²) in [6, 6.07) is 7.73. The van der Waals surface area contributed by atoms with Gasteiger partial charge in [-0.1, -0.05) is 0 Å². The predicted octanol–water partition coefficient (Wildman–Crippen LogP) is 3.74. The number of thiophene rings is 1. The first-order valence-electron chi connectivity index (χ1n) is 9.76. The summed E-state index contributed by atoms with van der Waals surface area (Å²) in [7, 11) is 3.32. The van der Waals surface area contributed by atoms with Gasteiger partial charge in [0.15, 0.2) is 17.5 Å². The number of methoxy groups -OCH3 is 1. The molecule has 1 aromatic heterocycles. The van der Waals surface area contributed by atoms with Crippen molar-refractivity contribution in [2.45, 2.75) is 26.3 Å². The van der Waals surface area contributed by atoms with Gasteiger partial charge in [-0.25, -0.2) is 0 Å². The van der Waals surface area contributed by atoms with Gasteiger partial charge in [0.1, 0.15) is 0 Å². The zero-order chi connectivity index (χ0) is 20.6. The summed E-state index contributed by atoms with van der Waals surface area (Å²) in [5.74, 6) is 2.11. The van der Waals surface area contributed by atoms with Crippen LogP contribution in [0.1, 0.15) is 23.8 Å². The molecule has 1 aromatic carbocycles. The monoisotopic (exact) mass is 544 g/mol. The number of nitrogens with one attached hydrogen (secondary N) is 2. The first kappa shape index (κ1) is 24.3. The molecule has 0 radical (unpaired) electrons. The number of anilines is 1. The lowest BCUT2D eigenvalue weighted by molar-refractivity contribution is -0.131. The highest BCUT2D eigenvalue weighted by atomic mass is 127. The lowest BCUT2D eigenvalue weighted by Crippen LogP contribution is -2.38. The van der Waals surface area contributed by atoms with Gasteiger partial charge in [-0.15, -0.1) is 35.3 Å². The van der Waals surface area contributed by atoms with Gasteiger partial charge in [0.25, 0.3) is 0 Å². The minimum atomic E-state index is 0. The lowest BCUT2D eigenvalue weighted by atomic mass is 10.1. The smallest absolute Gasteiger partial charge is 0.224 e. The van der Waals surface area contributed by atoms with E-state index >= 15 is 0 Å². The molecule has 2 heterocycles. The number of hydrogen-bond acceptors (Lipinski definition) is 5. The number of hydrogen-bond donors (Lipinski definition) is 2. The average molecular weight is 544 g/mol. The zero-order valence-corrected chi connectivity index (χ0v) is 20.7. The molecule has 0 atom stereocenters. The Hall–Kier alpha value is -2.01. The second-order valence-corrected chi connectivity index (χ2v) is 7.61. The van der Waals surface area contributed by atoms with Crippen molar-refractivity contribution in [3.8, 4) is 11.5 Å². The number of carbonyl (C=O) groups is 1. The summed E-state index contributed by atoms with van der Waals surface area (Å²) in [6.45, 7) is 4.51. The fourth-order valence-electron chi connectivity index (χ4n) is 3.25. The Balaban J connectivity index is 0.00000320. The molecule has 1 aliphatic rings. The first-order chi connectivity index (χ1) is 14.1. The van der Waals surface area contributed by atoms with Crippen LogP contribution in [-0.4, -0.2) is 50.6 Å². The van der Waals surface area contributed by atoms with Gasteiger partial charge in [-0.05, 0) is 42.5 Å². The van der Waals surface area contributed by atoms with Crippen LogP contribution in [0.15, 0.2) is 34.6 Å². The van der Waals surface area contributed by atoms with E-state index in [4.69, 9.17) is 9.47 Å². The topological polar surface area (TPSA) is 75.2 Å². The summed E-state index contributed by atoms with van der Waals surface area (Å²) in [6.07, 6.45) is 1.38. The van der Waals surface area contributed by atoms with E-state index in [2.05, 4.69) is 27.1 Å². The lowest BCUT2D eigenvalue weighted by Gasteiger charge is -2.27. The molecule has 3 rings (SSSR count). The molecular formula is C21H29IN4O3S. The number of benzene rings is 1. The Morgan fingerprint density at radius 3 is 2.87 bits per heavy atom. The summed E-state index contributed by atoms with van der Waals surface area (Å²) in [5, 5.41) is 8.53. The number of rotatable bonds is 7. The third-order valence-electron chi connectivity index (χ3n) is 4.74. The van der Waals surface area contributed by atoms with Crippen molar-refractivity contribution in [3.63, 3.8) is 0 Å². The summed E-state index contributed by atoms with van der Waals surface area (Å²) in [5.41, 5.74) is 2.11. The molecule has 9 heteroatoms. The van der Waals surface area contributed by atoms with Crippen LogP contribution in [0.2, 0.25) is 0 Å². The van der Waals surface area contributed by atoms with Gasteiger partial charge in [0.2, 0.25) is 5.91 Å². The fraction of sp³-hybridized carbons (Fsp3) is 0.429. The highest BCUT2D eigenvalue weighted by Crippen LogP contribution is 2.30. The number of guanidine groups is 1. The average Bonchev–Trinajstić information content (AvgIpc) is 3.21. The quantitative estimate of drug-likeness (QED) is 0.316. The highest BCUT2D eigenvalue weighted by molar-refractivity contribution is 14.0. The number of aliphatic imine (C=N–C) groups is 1. The van der Waals surface area contributed by atoms with Crippen molar-refractivity contribution in [3.05, 3.63) is 40.1 Å². The van der Waals surface area contributed by atoms with Crippen molar-refractivity contribution in [2.24, 2.45) is 4.99 Å². The van der Waals surface area contributed by atoms with Gasteiger partial charge in [0, 0.05) is 49.7 Å². The van der Waals surface area contributed by atoms with Gasteiger partial charge in [-0.2, -0.15) is 0 Å². The molecule has 0 saturated carbocycles. The molecule has 164 valence electrons. The van der Waals surface area contributed by atoms with E-state index in [0.717, 1.165) is 25.2 Å². The van der Waals surface area contributed by atoms with Crippen molar-refractivity contribution < 1.29 is 14.3 Å². The van der Waals surface area contributed by atoms with Crippen LogP contribution in [0.3, 0.4) is 0 Å². The Kier molecular flexibility index (Phi) is 9.70. The van der Waals surface area contributed by atoms with Gasteiger partial charge >= 0.3 is 0 Å². The van der Waals surface area contributed by atoms with E-state index in [9.17, 15) is 4.79 Å². The molecule has 7 nitrogen and oxygen atoms in total. The minimum Gasteiger partial charge on any atom is -0.493 e. The van der Waals surface area contributed by atoms with Gasteiger partial charge < -0.3 is 25.0 Å². The van der Waals surface area contributed by atoms with Crippen LogP contribution in [0.4, 0.5) is 5.69 Å². The second-order valence-electron chi connectivity index (χ2n) is 6.61. The fourth-order valence-corrected chi connectivity index (χ4v) is 4.14. The van der Waals surface area contributed by atoms with Gasteiger partial charge in [0.05, 0.1) is 13.7 Å². The predicted molar refractivity (Wildman–Crippen MR) is 133 cm³/mol. The summed E-state index contributed by atoms with van der Waals surface area (Å²) < 4.78 is 10.9. The van der Waals surface area contributed by atoms with Crippen molar-refractivity contribution >= 4 is 52.9 Å². The number of amides is 1. The molecule has 0 spiro atoms. The molecule has 2 aromatic rings. The van der Waals surface area contributed by atoms with E-state index in [1.807, 2.05) is 30.0 Å². The van der Waals surface area contributed by atoms with E-state index in [1.54, 1.807) is 25.5 Å². The SMILES string of the molecule is CCOc1cc(NC(=NC)NCCC(=O)N2CCc3sccc3C2)ccc1OC.I. The van der Waals surface area contributed by atoms with Crippen molar-refractivity contribution in [1.29, 1.82) is 0 Å². The summed E-state index contributed by atoms with van der Waals surface area (Å²) in [4.78, 5) is 20.1. The van der Waals surface area contributed by atoms with Crippen molar-refractivity contribution in [2.75, 3.05) is 39.2 Å². The van der Waals surface area contributed by atoms with Crippen molar-refractivity contribution in [1.82, 2.24) is 10.2 Å². The van der Waals surface area contributed by atoms with E-state index in [1.165, 1.54) is 10.4 Å². The maximum Gasteiger partial charge on any atom is 0.224 e. The normalized spacial score (nSPS) is 13.2. The minimum absolute atomic E-state index is 0. The Bertz CT molecular complexity index is 872. The van der Waals surface area contributed by atoms with E-state index < -0.39 is 0 Å². The zero-order valence-electron chi connectivity index (χ0n) is 17.6. The maximum absolute atomic E-state index is 12.5. The summed E-state index contributed by atoms with van der Waals surface area (Å²) >= 11 is 1.78. The molecule has 0 aliphatic carbocycles. The molecule has 0 bridgehead atoms. The third-order valence-corrected chi connectivity index (χ3v) is 5.76. The molecule has 1 aliphatic heterocycles. The third kappa shape index (κ3) is 6.24. The Morgan fingerprint density at radius 1 is 1.30 bits per heavy atom. The van der Waals surface area contributed by atoms with Crippen LogP contribution >= 0.6 is 35.3 Å². The van der Waals surface area contributed by atoms with E-state index in [0.29, 0.717) is 37.0 Å². The van der Waals surface area contributed by atoms with Crippen LogP contribution in [0.5, 0.6) is 11.5 Å². The second kappa shape index (κ2) is 12.0. The van der Waals surface area contributed by atoms with Crippen LogP contribution in [0.25, 0.3) is 0 Å². The Labute approximate surface area is 198 Å². The number of halogens is 1. The maximum atomic E-state index is 12.5. The highest BCUT2D eigenvalue weighted by Gasteiger charge is 2.21. The van der Waals surface area contributed by atoms with E-state index in [-0.39, 0.29) is 29.9 Å². The number of carbonyl (C=O) groups excluding carboxylic acids is 1. The molecule has 30 heavy (non-hydrogen) atoms. The number of fused-ring (bicyclic) bond motifs is 1. The van der Waals surface area contributed by atoms with Crippen LogP contribution in [-0.2, 0) is 17.8 Å². The molecule has 0 unspecified atom stereocenters. The molecule has 0 fully saturated rings.